The van der Waals surface area contributed by atoms with E-state index in [1.54, 1.807) is 12.1 Å². The van der Waals surface area contributed by atoms with E-state index in [9.17, 15) is 9.59 Å². The number of amides is 2. The average molecular weight is 372 g/mol. The first-order chi connectivity index (χ1) is 12.7. The van der Waals surface area contributed by atoms with Gasteiger partial charge >= 0.3 is 0 Å². The van der Waals surface area contributed by atoms with Gasteiger partial charge in [0, 0.05) is 16.9 Å². The van der Waals surface area contributed by atoms with Gasteiger partial charge in [-0.2, -0.15) is 0 Å². The van der Waals surface area contributed by atoms with Crippen LogP contribution in [0, 0.1) is 11.8 Å². The molecule has 0 radical (unpaired) electrons. The molecule has 138 valence electrons. The summed E-state index contributed by atoms with van der Waals surface area (Å²) in [6.07, 6.45) is 3.03. The molecule has 1 aromatic carbocycles. The number of hydrogen-bond donors (Lipinski definition) is 3. The first-order valence-corrected chi connectivity index (χ1v) is 9.79. The van der Waals surface area contributed by atoms with Crippen molar-refractivity contribution in [3.05, 3.63) is 52.0 Å². The molecule has 1 fully saturated rings. The predicted octanol–water partition coefficient (Wildman–Crippen LogP) is 2.06. The van der Waals surface area contributed by atoms with Crippen LogP contribution in [0.2, 0.25) is 0 Å². The lowest BCUT2D eigenvalue weighted by Crippen LogP contribution is -2.34. The molecule has 4 N–H and O–H groups in total. The zero-order chi connectivity index (χ0) is 18.4. The topological polar surface area (TPSA) is 97.1 Å². The number of carbonyl (C=O) groups excluding carboxylic acids is 2. The summed E-state index contributed by atoms with van der Waals surface area (Å²) in [7, 11) is 0. The van der Waals surface area contributed by atoms with E-state index >= 15 is 0 Å². The molecule has 0 spiro atoms. The Hall–Kier alpha value is -2.25. The molecule has 0 unspecified atom stereocenters. The summed E-state index contributed by atoms with van der Waals surface area (Å²) < 4.78 is 0. The number of nitrogens with two attached hydrogens (primary N) is 1. The second-order valence-corrected chi connectivity index (χ2v) is 7.47. The van der Waals surface area contributed by atoms with Crippen molar-refractivity contribution < 1.29 is 9.59 Å². The summed E-state index contributed by atoms with van der Waals surface area (Å²) in [5.74, 6) is 0.284. The van der Waals surface area contributed by atoms with E-state index in [2.05, 4.69) is 15.6 Å². The Morgan fingerprint density at radius 2 is 1.96 bits per heavy atom. The Balaban J connectivity index is 1.46. The maximum absolute atomic E-state index is 12.3. The molecule has 2 amide bonds. The highest BCUT2D eigenvalue weighted by Gasteiger charge is 2.31. The third-order valence-electron chi connectivity index (χ3n) is 4.78. The maximum atomic E-state index is 12.3. The lowest BCUT2D eigenvalue weighted by molar-refractivity contribution is -0.126. The minimum Gasteiger partial charge on any atom is -0.350 e. The molecule has 26 heavy (non-hydrogen) atoms. The SMILES string of the molecule is NC[C@H]1CCC[C@H]1C(=O)NCc1csc(CNC(=O)c2ccccc2)n1. The standard InChI is InChI=1S/C19H24N4O2S/c20-9-14-7-4-8-16(14)19(25)21-10-15-12-26-17(23-15)11-22-18(24)13-5-2-1-3-6-13/h1-3,5-6,12,14,16H,4,7-11,20H2,(H,21,25)(H,22,24)/t14-,16-/m1/s1. The summed E-state index contributed by atoms with van der Waals surface area (Å²) >= 11 is 1.48. The van der Waals surface area contributed by atoms with Gasteiger partial charge in [-0.3, -0.25) is 9.59 Å². The Bertz CT molecular complexity index is 747. The fraction of sp³-hybridized carbons (Fsp3) is 0.421. The van der Waals surface area contributed by atoms with E-state index in [-0.39, 0.29) is 17.7 Å². The number of nitrogens with zero attached hydrogens (tertiary/aromatic N) is 1. The quantitative estimate of drug-likeness (QED) is 0.693. The normalized spacial score (nSPS) is 19.3. The molecule has 1 aliphatic carbocycles. The van der Waals surface area contributed by atoms with Gasteiger partial charge < -0.3 is 16.4 Å². The van der Waals surface area contributed by atoms with Crippen LogP contribution in [-0.4, -0.2) is 23.3 Å². The van der Waals surface area contributed by atoms with Crippen molar-refractivity contribution in [3.63, 3.8) is 0 Å². The number of hydrogen-bond acceptors (Lipinski definition) is 5. The smallest absolute Gasteiger partial charge is 0.251 e. The van der Waals surface area contributed by atoms with Crippen molar-refractivity contribution in [1.82, 2.24) is 15.6 Å². The highest BCUT2D eigenvalue weighted by Crippen LogP contribution is 2.31. The van der Waals surface area contributed by atoms with Gasteiger partial charge in [-0.25, -0.2) is 4.98 Å². The Labute approximate surface area is 157 Å². The Morgan fingerprint density at radius 1 is 1.15 bits per heavy atom. The largest absolute Gasteiger partial charge is 0.350 e. The van der Waals surface area contributed by atoms with E-state index in [1.807, 2.05) is 23.6 Å². The number of rotatable bonds is 7. The molecule has 7 heteroatoms. The molecule has 0 saturated heterocycles. The van der Waals surface area contributed by atoms with E-state index in [0.717, 1.165) is 30.0 Å². The highest BCUT2D eigenvalue weighted by molar-refractivity contribution is 7.09. The van der Waals surface area contributed by atoms with Gasteiger partial charge in [-0.1, -0.05) is 24.6 Å². The third-order valence-corrected chi connectivity index (χ3v) is 5.68. The molecule has 3 rings (SSSR count). The molecule has 6 nitrogen and oxygen atoms in total. The van der Waals surface area contributed by atoms with Crippen LogP contribution in [0.3, 0.4) is 0 Å². The van der Waals surface area contributed by atoms with Crippen LogP contribution in [0.15, 0.2) is 35.7 Å². The van der Waals surface area contributed by atoms with Crippen LogP contribution in [0.1, 0.15) is 40.3 Å². The second kappa shape index (κ2) is 8.91. The van der Waals surface area contributed by atoms with E-state index < -0.39 is 0 Å². The van der Waals surface area contributed by atoms with Crippen LogP contribution in [0.25, 0.3) is 0 Å². The zero-order valence-electron chi connectivity index (χ0n) is 14.6. The number of thiazole rings is 1. The first kappa shape index (κ1) is 18.5. The van der Waals surface area contributed by atoms with Gasteiger partial charge in [0.1, 0.15) is 5.01 Å². The van der Waals surface area contributed by atoms with Crippen LogP contribution >= 0.6 is 11.3 Å². The van der Waals surface area contributed by atoms with Crippen LogP contribution in [0.4, 0.5) is 0 Å². The van der Waals surface area contributed by atoms with Crippen molar-refractivity contribution in [2.45, 2.75) is 32.4 Å². The van der Waals surface area contributed by atoms with Crippen LogP contribution in [-0.2, 0) is 17.9 Å². The van der Waals surface area contributed by atoms with E-state index in [0.29, 0.717) is 31.1 Å². The van der Waals surface area contributed by atoms with Crippen LogP contribution < -0.4 is 16.4 Å². The fourth-order valence-corrected chi connectivity index (χ4v) is 4.07. The first-order valence-electron chi connectivity index (χ1n) is 8.91. The molecule has 1 heterocycles. The van der Waals surface area contributed by atoms with Gasteiger partial charge in [-0.05, 0) is 37.4 Å². The molecule has 0 bridgehead atoms. The van der Waals surface area contributed by atoms with Gasteiger partial charge in [0.2, 0.25) is 5.91 Å². The summed E-state index contributed by atoms with van der Waals surface area (Å²) in [6.45, 7) is 1.36. The van der Waals surface area contributed by atoms with Crippen molar-refractivity contribution in [3.8, 4) is 0 Å². The third kappa shape index (κ3) is 4.68. The lowest BCUT2D eigenvalue weighted by Gasteiger charge is -2.16. The minimum absolute atomic E-state index is 0.0308. The maximum Gasteiger partial charge on any atom is 0.251 e. The summed E-state index contributed by atoms with van der Waals surface area (Å²) in [5.41, 5.74) is 7.19. The molecule has 0 aliphatic heterocycles. The predicted molar refractivity (Wildman–Crippen MR) is 101 cm³/mol. The molecule has 2 atom stereocenters. The zero-order valence-corrected chi connectivity index (χ0v) is 15.4. The van der Waals surface area contributed by atoms with E-state index in [4.69, 9.17) is 5.73 Å². The number of aromatic nitrogens is 1. The number of benzene rings is 1. The van der Waals surface area contributed by atoms with E-state index in [1.165, 1.54) is 11.3 Å². The highest BCUT2D eigenvalue weighted by atomic mass is 32.1. The summed E-state index contributed by atoms with van der Waals surface area (Å²) in [5, 5.41) is 8.57. The summed E-state index contributed by atoms with van der Waals surface area (Å²) in [4.78, 5) is 28.8. The van der Waals surface area contributed by atoms with Gasteiger partial charge in [-0.15, -0.1) is 11.3 Å². The Morgan fingerprint density at radius 3 is 2.73 bits per heavy atom. The van der Waals surface area contributed by atoms with Gasteiger partial charge in [0.15, 0.2) is 0 Å². The second-order valence-electron chi connectivity index (χ2n) is 6.53. The van der Waals surface area contributed by atoms with Crippen molar-refractivity contribution >= 4 is 23.2 Å². The van der Waals surface area contributed by atoms with Crippen LogP contribution in [0.5, 0.6) is 0 Å². The molecule has 1 saturated carbocycles. The Kier molecular flexibility index (Phi) is 6.35. The van der Waals surface area contributed by atoms with Crippen molar-refractivity contribution in [1.29, 1.82) is 0 Å². The molecule has 2 aromatic rings. The summed E-state index contributed by atoms with van der Waals surface area (Å²) in [6, 6.07) is 9.09. The van der Waals surface area contributed by atoms with Crippen molar-refractivity contribution in [2.24, 2.45) is 17.6 Å². The van der Waals surface area contributed by atoms with Gasteiger partial charge in [0.05, 0.1) is 18.8 Å². The molecular formula is C19H24N4O2S. The molecular weight excluding hydrogens is 348 g/mol. The minimum atomic E-state index is -0.121. The monoisotopic (exact) mass is 372 g/mol. The number of carbonyl (C=O) groups is 2. The van der Waals surface area contributed by atoms with Gasteiger partial charge in [0.25, 0.3) is 5.91 Å². The molecule has 1 aliphatic rings. The van der Waals surface area contributed by atoms with Crippen molar-refractivity contribution in [2.75, 3.05) is 6.54 Å². The lowest BCUT2D eigenvalue weighted by atomic mass is 9.95. The number of nitrogens with one attached hydrogen (secondary N) is 2. The fourth-order valence-electron chi connectivity index (χ4n) is 3.33. The average Bonchev–Trinajstić information content (AvgIpc) is 3.34. The molecule has 1 aromatic heterocycles.